The number of hydrogen-bond acceptors (Lipinski definition) is 5. The molecule has 1 amide bonds. The zero-order valence-electron chi connectivity index (χ0n) is 18.2. The van der Waals surface area contributed by atoms with Gasteiger partial charge < -0.3 is 13.8 Å². The van der Waals surface area contributed by atoms with Crippen LogP contribution >= 0.6 is 0 Å². The number of benzene rings is 2. The van der Waals surface area contributed by atoms with Crippen molar-refractivity contribution in [2.45, 2.75) is 47.3 Å². The quantitative estimate of drug-likeness (QED) is 0.447. The predicted molar refractivity (Wildman–Crippen MR) is 119 cm³/mol. The number of imidazole rings is 1. The number of nitrogens with zero attached hydrogens (tertiary/aromatic N) is 3. The number of hydrogen-bond donors (Lipinski definition) is 1. The Kier molecular flexibility index (Phi) is 5.75. The molecule has 7 nitrogen and oxygen atoms in total. The van der Waals surface area contributed by atoms with E-state index in [9.17, 15) is 4.79 Å². The smallest absolute Gasteiger partial charge is 0.280 e. The molecule has 2 aromatic heterocycles. The van der Waals surface area contributed by atoms with Crippen molar-refractivity contribution in [3.8, 4) is 5.75 Å². The Labute approximate surface area is 181 Å². The number of aromatic nitrogens is 3. The number of carbonyl (C=O) groups excluding carboxylic acids is 1. The molecule has 2 heterocycles. The average Bonchev–Trinajstić information content (AvgIpc) is 3.26. The minimum atomic E-state index is -0.372. The Bertz CT molecular complexity index is 1220. The van der Waals surface area contributed by atoms with Crippen LogP contribution in [0, 0.1) is 20.8 Å². The van der Waals surface area contributed by atoms with E-state index in [1.165, 1.54) is 0 Å². The molecule has 0 saturated carbocycles. The summed E-state index contributed by atoms with van der Waals surface area (Å²) in [6, 6.07) is 13.8. The highest BCUT2D eigenvalue weighted by molar-refractivity contribution is 6.03. The van der Waals surface area contributed by atoms with E-state index in [4.69, 9.17) is 9.26 Å². The molecule has 0 fully saturated rings. The number of nitrogens with one attached hydrogen (secondary N) is 1. The fraction of sp³-hybridized carbons (Fsp3) is 0.292. The van der Waals surface area contributed by atoms with Crippen LogP contribution in [0.2, 0.25) is 0 Å². The van der Waals surface area contributed by atoms with E-state index >= 15 is 0 Å². The van der Waals surface area contributed by atoms with Crippen molar-refractivity contribution >= 4 is 22.9 Å². The van der Waals surface area contributed by atoms with Crippen LogP contribution < -0.4 is 10.1 Å². The molecular formula is C24H26N4O3. The summed E-state index contributed by atoms with van der Waals surface area (Å²) >= 11 is 0. The highest BCUT2D eigenvalue weighted by Crippen LogP contribution is 2.23. The molecule has 4 aromatic rings. The van der Waals surface area contributed by atoms with Crippen molar-refractivity contribution in [1.29, 1.82) is 0 Å². The van der Waals surface area contributed by atoms with Crippen LogP contribution in [-0.4, -0.2) is 20.6 Å². The summed E-state index contributed by atoms with van der Waals surface area (Å²) in [5.41, 5.74) is 4.87. The largest absolute Gasteiger partial charge is 0.489 e. The monoisotopic (exact) mass is 418 g/mol. The number of ether oxygens (including phenoxy) is 1. The third-order valence-electron chi connectivity index (χ3n) is 5.11. The second kappa shape index (κ2) is 8.63. The molecule has 0 aliphatic carbocycles. The standard InChI is InChI=1S/C24H26N4O3/c1-5-10-28-21-9-7-6-8-20(21)25-24(28)26-23(29)22-19(17(4)31-27-22)14-30-18-12-15(2)11-16(3)13-18/h6-9,11-13H,5,10,14H2,1-4H3,(H,25,26,29). The number of rotatable bonds is 7. The first kappa shape index (κ1) is 20.7. The Balaban J connectivity index is 1.57. The molecule has 2 aromatic carbocycles. The van der Waals surface area contributed by atoms with Gasteiger partial charge in [-0.25, -0.2) is 4.98 Å². The minimum absolute atomic E-state index is 0.187. The molecule has 0 radical (unpaired) electrons. The molecule has 0 bridgehead atoms. The average molecular weight is 418 g/mol. The Hall–Kier alpha value is -3.61. The van der Waals surface area contributed by atoms with E-state index in [0.29, 0.717) is 17.3 Å². The maximum absolute atomic E-state index is 13.1. The van der Waals surface area contributed by atoms with Crippen molar-refractivity contribution in [1.82, 2.24) is 14.7 Å². The number of para-hydroxylation sites is 2. The van der Waals surface area contributed by atoms with E-state index < -0.39 is 0 Å². The molecule has 1 N–H and O–H groups in total. The van der Waals surface area contributed by atoms with Crippen molar-refractivity contribution in [3.05, 3.63) is 70.6 Å². The molecule has 0 aliphatic heterocycles. The maximum Gasteiger partial charge on any atom is 0.280 e. The van der Waals surface area contributed by atoms with Crippen molar-refractivity contribution in [2.24, 2.45) is 0 Å². The van der Waals surface area contributed by atoms with Crippen LogP contribution in [0.15, 0.2) is 47.0 Å². The van der Waals surface area contributed by atoms with Gasteiger partial charge in [-0.15, -0.1) is 0 Å². The van der Waals surface area contributed by atoms with Gasteiger partial charge in [0.25, 0.3) is 5.91 Å². The Morgan fingerprint density at radius 1 is 1.13 bits per heavy atom. The number of fused-ring (bicyclic) bond motifs is 1. The lowest BCUT2D eigenvalue weighted by molar-refractivity contribution is 0.101. The van der Waals surface area contributed by atoms with Crippen LogP contribution in [0.1, 0.15) is 46.3 Å². The van der Waals surface area contributed by atoms with Gasteiger partial charge in [-0.05, 0) is 62.6 Å². The zero-order chi connectivity index (χ0) is 22.0. The zero-order valence-corrected chi connectivity index (χ0v) is 18.2. The molecule has 7 heteroatoms. The third kappa shape index (κ3) is 4.30. The second-order valence-electron chi connectivity index (χ2n) is 7.71. The van der Waals surface area contributed by atoms with E-state index in [1.54, 1.807) is 6.92 Å². The highest BCUT2D eigenvalue weighted by Gasteiger charge is 2.22. The van der Waals surface area contributed by atoms with Crippen molar-refractivity contribution in [2.75, 3.05) is 5.32 Å². The van der Waals surface area contributed by atoms with Gasteiger partial charge in [0.1, 0.15) is 18.1 Å². The van der Waals surface area contributed by atoms with E-state index in [0.717, 1.165) is 40.9 Å². The molecule has 0 atom stereocenters. The summed E-state index contributed by atoms with van der Waals surface area (Å²) in [7, 11) is 0. The second-order valence-corrected chi connectivity index (χ2v) is 7.71. The Morgan fingerprint density at radius 3 is 2.61 bits per heavy atom. The van der Waals surface area contributed by atoms with Gasteiger partial charge in [-0.2, -0.15) is 0 Å². The van der Waals surface area contributed by atoms with Crippen LogP contribution in [0.4, 0.5) is 5.95 Å². The summed E-state index contributed by atoms with van der Waals surface area (Å²) in [5.74, 6) is 1.42. The van der Waals surface area contributed by atoms with Gasteiger partial charge in [0, 0.05) is 6.54 Å². The van der Waals surface area contributed by atoms with Crippen molar-refractivity contribution in [3.63, 3.8) is 0 Å². The first-order chi connectivity index (χ1) is 15.0. The number of anilines is 1. The first-order valence-electron chi connectivity index (χ1n) is 10.4. The summed E-state index contributed by atoms with van der Waals surface area (Å²) < 4.78 is 13.3. The topological polar surface area (TPSA) is 82.2 Å². The highest BCUT2D eigenvalue weighted by atomic mass is 16.5. The lowest BCUT2D eigenvalue weighted by atomic mass is 10.1. The van der Waals surface area contributed by atoms with Crippen LogP contribution in [0.5, 0.6) is 5.75 Å². The summed E-state index contributed by atoms with van der Waals surface area (Å²) in [6.07, 6.45) is 0.918. The van der Waals surface area contributed by atoms with Crippen LogP contribution in [0.25, 0.3) is 11.0 Å². The predicted octanol–water partition coefficient (Wildman–Crippen LogP) is 5.19. The van der Waals surface area contributed by atoms with Gasteiger partial charge >= 0.3 is 0 Å². The summed E-state index contributed by atoms with van der Waals surface area (Å²) in [5, 5.41) is 6.89. The first-order valence-corrected chi connectivity index (χ1v) is 10.4. The normalized spacial score (nSPS) is 11.1. The minimum Gasteiger partial charge on any atom is -0.489 e. The number of carbonyl (C=O) groups is 1. The molecule has 4 rings (SSSR count). The van der Waals surface area contributed by atoms with Crippen LogP contribution in [-0.2, 0) is 13.2 Å². The van der Waals surface area contributed by atoms with Crippen LogP contribution in [0.3, 0.4) is 0 Å². The maximum atomic E-state index is 13.1. The van der Waals surface area contributed by atoms with Gasteiger partial charge in [0.15, 0.2) is 5.69 Å². The molecule has 0 spiro atoms. The fourth-order valence-corrected chi connectivity index (χ4v) is 3.69. The molecule has 160 valence electrons. The lowest BCUT2D eigenvalue weighted by Crippen LogP contribution is -2.18. The molecule has 0 aliphatic rings. The fourth-order valence-electron chi connectivity index (χ4n) is 3.69. The van der Waals surface area contributed by atoms with Crippen molar-refractivity contribution < 1.29 is 14.1 Å². The number of amides is 1. The van der Waals surface area contributed by atoms with Gasteiger partial charge in [-0.3, -0.25) is 10.1 Å². The van der Waals surface area contributed by atoms with E-state index in [-0.39, 0.29) is 18.2 Å². The summed E-state index contributed by atoms with van der Waals surface area (Å²) in [6.45, 7) is 8.83. The van der Waals surface area contributed by atoms with Gasteiger partial charge in [-0.1, -0.05) is 30.3 Å². The SMILES string of the molecule is CCCn1c(NC(=O)c2noc(C)c2COc2cc(C)cc(C)c2)nc2ccccc21. The Morgan fingerprint density at radius 2 is 1.87 bits per heavy atom. The van der Waals surface area contributed by atoms with E-state index in [1.807, 2.05) is 54.8 Å². The third-order valence-corrected chi connectivity index (χ3v) is 5.11. The molecule has 0 unspecified atom stereocenters. The lowest BCUT2D eigenvalue weighted by Gasteiger charge is -2.10. The molecule has 31 heavy (non-hydrogen) atoms. The number of aryl methyl sites for hydroxylation is 4. The van der Waals surface area contributed by atoms with Gasteiger partial charge in [0.2, 0.25) is 5.95 Å². The van der Waals surface area contributed by atoms with E-state index in [2.05, 4.69) is 28.4 Å². The molecular weight excluding hydrogens is 392 g/mol. The molecule has 0 saturated heterocycles. The summed E-state index contributed by atoms with van der Waals surface area (Å²) in [4.78, 5) is 17.6. The van der Waals surface area contributed by atoms with Gasteiger partial charge in [0.05, 0.1) is 16.6 Å².